The molecule has 5 nitrogen and oxygen atoms in total. The van der Waals surface area contributed by atoms with Gasteiger partial charge in [0.15, 0.2) is 0 Å². The molecular formula is C12H14ClN3O2. The zero-order valence-electron chi connectivity index (χ0n) is 10.1. The smallest absolute Gasteiger partial charge is 0.233 e. The highest BCUT2D eigenvalue weighted by Gasteiger charge is 2.46. The predicted octanol–water partition coefficient (Wildman–Crippen LogP) is 1.32. The number of fused-ring (bicyclic) bond motifs is 1. The van der Waals surface area contributed by atoms with Crippen molar-refractivity contribution in [1.82, 2.24) is 9.97 Å². The van der Waals surface area contributed by atoms with Crippen LogP contribution in [-0.4, -0.2) is 32.6 Å². The Bertz CT molecular complexity index is 518. The number of hydrogen-bond acceptors (Lipinski definition) is 4. The molecule has 96 valence electrons. The van der Waals surface area contributed by atoms with E-state index in [0.29, 0.717) is 18.7 Å². The molecule has 18 heavy (non-hydrogen) atoms. The van der Waals surface area contributed by atoms with Crippen molar-refractivity contribution in [3.63, 3.8) is 0 Å². The second kappa shape index (κ2) is 3.90. The molecule has 1 fully saturated rings. The number of aromatic nitrogens is 2. The third-order valence-electron chi connectivity index (χ3n) is 3.84. The number of halogens is 1. The van der Waals surface area contributed by atoms with Gasteiger partial charge in [0.1, 0.15) is 5.82 Å². The van der Waals surface area contributed by atoms with Crippen LogP contribution in [-0.2, 0) is 11.2 Å². The average Bonchev–Trinajstić information content (AvgIpc) is 2.77. The summed E-state index contributed by atoms with van der Waals surface area (Å²) in [5.74, 6) is 0.529. The largest absolute Gasteiger partial charge is 0.388 e. The van der Waals surface area contributed by atoms with Gasteiger partial charge in [0.2, 0.25) is 11.2 Å². The quantitative estimate of drug-likeness (QED) is 0.780. The van der Waals surface area contributed by atoms with Gasteiger partial charge in [0, 0.05) is 11.8 Å². The van der Waals surface area contributed by atoms with E-state index in [0.717, 1.165) is 18.4 Å². The van der Waals surface area contributed by atoms with Crippen LogP contribution in [0.1, 0.15) is 31.7 Å². The molecule has 2 unspecified atom stereocenters. The van der Waals surface area contributed by atoms with Crippen LogP contribution >= 0.6 is 11.6 Å². The van der Waals surface area contributed by atoms with Gasteiger partial charge in [-0.1, -0.05) is 0 Å². The van der Waals surface area contributed by atoms with Crippen LogP contribution in [0, 0.1) is 0 Å². The van der Waals surface area contributed by atoms with Crippen LogP contribution in [0.2, 0.25) is 5.28 Å². The summed E-state index contributed by atoms with van der Waals surface area (Å²) in [4.78, 5) is 21.8. The molecule has 1 aromatic rings. The molecule has 0 bridgehead atoms. The van der Waals surface area contributed by atoms with Gasteiger partial charge in [-0.05, 0) is 37.8 Å². The summed E-state index contributed by atoms with van der Waals surface area (Å²) < 4.78 is 0. The summed E-state index contributed by atoms with van der Waals surface area (Å²) in [5, 5.41) is 10.5. The Labute approximate surface area is 110 Å². The average molecular weight is 268 g/mol. The first-order chi connectivity index (χ1) is 8.49. The van der Waals surface area contributed by atoms with Gasteiger partial charge in [0.05, 0.1) is 18.1 Å². The number of aliphatic hydroxyl groups is 1. The zero-order chi connectivity index (χ0) is 12.9. The fraction of sp³-hybridized carbons (Fsp3) is 0.583. The van der Waals surface area contributed by atoms with Crippen LogP contribution in [0.15, 0.2) is 6.20 Å². The number of anilines is 1. The highest BCUT2D eigenvalue weighted by molar-refractivity contribution is 6.28. The molecule has 1 saturated carbocycles. The standard InChI is InChI=1S/C12H14ClN3O2/c1-12(18)4-2-3-8(12)16-9(17)5-7-6-14-11(13)15-10(7)16/h6,8,18H,2-5H2,1H3. The van der Waals surface area contributed by atoms with Crippen molar-refractivity contribution in [2.45, 2.75) is 44.2 Å². The third-order valence-corrected chi connectivity index (χ3v) is 4.02. The van der Waals surface area contributed by atoms with Crippen molar-refractivity contribution < 1.29 is 9.90 Å². The molecule has 2 heterocycles. The van der Waals surface area contributed by atoms with Gasteiger partial charge in [-0.25, -0.2) is 4.98 Å². The number of amides is 1. The molecular weight excluding hydrogens is 254 g/mol. The lowest BCUT2D eigenvalue weighted by molar-refractivity contribution is -0.118. The molecule has 1 aromatic heterocycles. The molecule has 2 atom stereocenters. The lowest BCUT2D eigenvalue weighted by Gasteiger charge is -2.33. The van der Waals surface area contributed by atoms with Gasteiger partial charge in [-0.3, -0.25) is 9.69 Å². The lowest BCUT2D eigenvalue weighted by atomic mass is 9.99. The van der Waals surface area contributed by atoms with E-state index in [1.54, 1.807) is 18.0 Å². The van der Waals surface area contributed by atoms with Crippen molar-refractivity contribution in [3.05, 3.63) is 17.0 Å². The van der Waals surface area contributed by atoms with E-state index in [1.165, 1.54) is 0 Å². The van der Waals surface area contributed by atoms with E-state index in [9.17, 15) is 9.90 Å². The Kier molecular flexibility index (Phi) is 2.57. The fourth-order valence-electron chi connectivity index (χ4n) is 2.94. The second-order valence-electron chi connectivity index (χ2n) is 5.19. The Balaban J connectivity index is 2.03. The highest BCUT2D eigenvalue weighted by Crippen LogP contribution is 2.39. The minimum atomic E-state index is -0.852. The van der Waals surface area contributed by atoms with Crippen molar-refractivity contribution >= 4 is 23.3 Å². The lowest BCUT2D eigenvalue weighted by Crippen LogP contribution is -2.49. The van der Waals surface area contributed by atoms with Gasteiger partial charge in [-0.2, -0.15) is 4.98 Å². The van der Waals surface area contributed by atoms with Gasteiger partial charge in [-0.15, -0.1) is 0 Å². The van der Waals surface area contributed by atoms with Crippen molar-refractivity contribution in [3.8, 4) is 0 Å². The van der Waals surface area contributed by atoms with Crippen LogP contribution in [0.3, 0.4) is 0 Å². The summed E-state index contributed by atoms with van der Waals surface area (Å²) in [7, 11) is 0. The molecule has 1 aliphatic carbocycles. The molecule has 3 rings (SSSR count). The van der Waals surface area contributed by atoms with Crippen molar-refractivity contribution in [2.24, 2.45) is 0 Å². The molecule has 0 spiro atoms. The summed E-state index contributed by atoms with van der Waals surface area (Å²) >= 11 is 5.79. The predicted molar refractivity (Wildman–Crippen MR) is 66.5 cm³/mol. The zero-order valence-corrected chi connectivity index (χ0v) is 10.8. The molecule has 6 heteroatoms. The maximum absolute atomic E-state index is 12.1. The molecule has 0 saturated heterocycles. The Morgan fingerprint density at radius 3 is 3.06 bits per heavy atom. The molecule has 1 N–H and O–H groups in total. The number of nitrogens with zero attached hydrogens (tertiary/aromatic N) is 3. The number of rotatable bonds is 1. The van der Waals surface area contributed by atoms with Crippen LogP contribution in [0.4, 0.5) is 5.82 Å². The third kappa shape index (κ3) is 1.69. The van der Waals surface area contributed by atoms with Crippen LogP contribution in [0.25, 0.3) is 0 Å². The SMILES string of the molecule is CC1(O)CCCC1N1C(=O)Cc2cnc(Cl)nc21. The first-order valence-electron chi connectivity index (χ1n) is 6.05. The van der Waals surface area contributed by atoms with E-state index in [1.807, 2.05) is 0 Å². The van der Waals surface area contributed by atoms with Crippen LogP contribution in [0.5, 0.6) is 0 Å². The number of carbonyl (C=O) groups is 1. The molecule has 0 radical (unpaired) electrons. The van der Waals surface area contributed by atoms with Gasteiger partial charge < -0.3 is 5.11 Å². The Hall–Kier alpha value is -1.20. The Morgan fingerprint density at radius 1 is 1.61 bits per heavy atom. The fourth-order valence-corrected chi connectivity index (χ4v) is 3.06. The van der Waals surface area contributed by atoms with Crippen LogP contribution < -0.4 is 4.90 Å². The van der Waals surface area contributed by atoms with E-state index in [-0.39, 0.29) is 17.2 Å². The first-order valence-corrected chi connectivity index (χ1v) is 6.43. The maximum atomic E-state index is 12.1. The van der Waals surface area contributed by atoms with E-state index in [2.05, 4.69) is 9.97 Å². The number of carbonyl (C=O) groups excluding carboxylic acids is 1. The highest BCUT2D eigenvalue weighted by atomic mass is 35.5. The Morgan fingerprint density at radius 2 is 2.39 bits per heavy atom. The molecule has 1 aliphatic heterocycles. The normalized spacial score (nSPS) is 30.9. The van der Waals surface area contributed by atoms with Gasteiger partial charge >= 0.3 is 0 Å². The van der Waals surface area contributed by atoms with E-state index in [4.69, 9.17) is 11.6 Å². The monoisotopic (exact) mass is 267 g/mol. The molecule has 2 aliphatic rings. The summed E-state index contributed by atoms with van der Waals surface area (Å²) in [6.07, 6.45) is 4.29. The van der Waals surface area contributed by atoms with Gasteiger partial charge in [0.25, 0.3) is 0 Å². The van der Waals surface area contributed by atoms with E-state index >= 15 is 0 Å². The summed E-state index contributed by atoms with van der Waals surface area (Å²) in [6, 6.07) is -0.211. The first kappa shape index (κ1) is 11.9. The van der Waals surface area contributed by atoms with E-state index < -0.39 is 5.60 Å². The van der Waals surface area contributed by atoms with Crippen molar-refractivity contribution in [2.75, 3.05) is 4.90 Å². The molecule has 1 amide bonds. The van der Waals surface area contributed by atoms with Crippen molar-refractivity contribution in [1.29, 1.82) is 0 Å². The summed E-state index contributed by atoms with van der Waals surface area (Å²) in [5.41, 5.74) is -0.0681. The second-order valence-corrected chi connectivity index (χ2v) is 5.53. The molecule has 0 aromatic carbocycles. The minimum absolute atomic E-state index is 0.0336. The number of hydrogen-bond donors (Lipinski definition) is 1. The topological polar surface area (TPSA) is 66.3 Å². The maximum Gasteiger partial charge on any atom is 0.233 e. The summed E-state index contributed by atoms with van der Waals surface area (Å²) in [6.45, 7) is 1.78. The minimum Gasteiger partial charge on any atom is -0.388 e.